The van der Waals surface area contributed by atoms with Crippen LogP contribution in [-0.2, 0) is 18.4 Å². The Morgan fingerprint density at radius 2 is 0.959 bits per heavy atom. The Labute approximate surface area is 304 Å². The lowest BCUT2D eigenvalue weighted by molar-refractivity contribution is 0.321. The second kappa shape index (κ2) is 26.5. The van der Waals surface area contributed by atoms with Crippen LogP contribution in [0, 0.1) is 0 Å². The second-order valence-electron chi connectivity index (χ2n) is 15.5. The smallest absolute Gasteiger partial charge is 0.112 e. The number of rotatable bonds is 31. The maximum atomic E-state index is 5.15. The molecule has 2 heteroatoms. The number of imidazole rings is 1. The van der Waals surface area contributed by atoms with E-state index in [0.29, 0.717) is 5.92 Å². The molecule has 0 aliphatic rings. The third-order valence-corrected chi connectivity index (χ3v) is 11.3. The van der Waals surface area contributed by atoms with Gasteiger partial charge in [-0.1, -0.05) is 229 Å². The van der Waals surface area contributed by atoms with Gasteiger partial charge in [0.25, 0.3) is 0 Å². The predicted molar refractivity (Wildman–Crippen MR) is 216 cm³/mol. The number of nitrogens with zero attached hydrogens (tertiary/aromatic N) is 2. The zero-order valence-corrected chi connectivity index (χ0v) is 32.5. The summed E-state index contributed by atoms with van der Waals surface area (Å²) in [5.41, 5.74) is 2.84. The zero-order valence-electron chi connectivity index (χ0n) is 32.5. The van der Waals surface area contributed by atoms with E-state index in [1.165, 1.54) is 177 Å². The topological polar surface area (TPSA) is 17.8 Å². The monoisotopic (exact) mass is 669 g/mol. The number of aromatic nitrogens is 2. The standard InChI is InChI=1S/C47H76N2/c1-4-6-8-10-12-14-15-16-17-18-19-20-21-22-24-32-38-45(46-48-39-41-49(46)40-33-25-23-13-11-9-7-5-2)47(3,44-36-30-27-31-37-44)42-43-34-28-26-29-35-43/h26-31,34-37,39,41,45H,4-25,32-33,38,40,42H2,1-3H3. The highest BCUT2D eigenvalue weighted by molar-refractivity contribution is 5.33. The molecule has 0 saturated heterocycles. The molecule has 0 N–H and O–H groups in total. The lowest BCUT2D eigenvalue weighted by atomic mass is 9.66. The third-order valence-electron chi connectivity index (χ3n) is 11.3. The van der Waals surface area contributed by atoms with Crippen LogP contribution in [0.2, 0.25) is 0 Å². The lowest BCUT2D eigenvalue weighted by Gasteiger charge is -2.39. The van der Waals surface area contributed by atoms with Crippen LogP contribution >= 0.6 is 0 Å². The highest BCUT2D eigenvalue weighted by Crippen LogP contribution is 2.44. The van der Waals surface area contributed by atoms with Gasteiger partial charge in [-0.15, -0.1) is 0 Å². The van der Waals surface area contributed by atoms with E-state index in [9.17, 15) is 0 Å². The summed E-state index contributed by atoms with van der Waals surface area (Å²) in [4.78, 5) is 5.15. The van der Waals surface area contributed by atoms with Crippen LogP contribution in [0.1, 0.15) is 204 Å². The maximum Gasteiger partial charge on any atom is 0.112 e. The first kappa shape index (κ1) is 41.1. The SMILES string of the molecule is CCCCCCCCCCCCCCCCCCC(c1nccn1CCCCCCCCCC)C(C)(Cc1ccccc1)c1ccccc1. The van der Waals surface area contributed by atoms with E-state index >= 15 is 0 Å². The molecule has 2 unspecified atom stereocenters. The van der Waals surface area contributed by atoms with Gasteiger partial charge in [0.15, 0.2) is 0 Å². The van der Waals surface area contributed by atoms with E-state index in [0.717, 1.165) is 13.0 Å². The van der Waals surface area contributed by atoms with Crippen molar-refractivity contribution >= 4 is 0 Å². The van der Waals surface area contributed by atoms with Gasteiger partial charge in [-0.05, 0) is 30.4 Å². The lowest BCUT2D eigenvalue weighted by Crippen LogP contribution is -2.35. The second-order valence-corrected chi connectivity index (χ2v) is 15.5. The van der Waals surface area contributed by atoms with Gasteiger partial charge < -0.3 is 4.57 Å². The molecule has 0 amide bonds. The molecule has 2 nitrogen and oxygen atoms in total. The van der Waals surface area contributed by atoms with Gasteiger partial charge in [-0.2, -0.15) is 0 Å². The summed E-state index contributed by atoms with van der Waals surface area (Å²) in [6, 6.07) is 22.6. The van der Waals surface area contributed by atoms with Gasteiger partial charge in [-0.3, -0.25) is 0 Å². The van der Waals surface area contributed by atoms with Gasteiger partial charge in [-0.25, -0.2) is 4.98 Å². The Morgan fingerprint density at radius 3 is 1.45 bits per heavy atom. The molecule has 0 saturated carbocycles. The fourth-order valence-electron chi connectivity index (χ4n) is 8.13. The molecule has 3 rings (SSSR count). The predicted octanol–water partition coefficient (Wildman–Crippen LogP) is 15.0. The summed E-state index contributed by atoms with van der Waals surface area (Å²) in [6.45, 7) is 8.23. The molecule has 2 aromatic carbocycles. The maximum absolute atomic E-state index is 5.15. The van der Waals surface area contributed by atoms with E-state index in [2.05, 4.69) is 98.4 Å². The van der Waals surface area contributed by atoms with Crippen LogP contribution in [0.15, 0.2) is 73.1 Å². The van der Waals surface area contributed by atoms with Crippen molar-refractivity contribution in [3.8, 4) is 0 Å². The summed E-state index contributed by atoms with van der Waals surface area (Å²) >= 11 is 0. The number of benzene rings is 2. The quantitative estimate of drug-likeness (QED) is 0.0624. The summed E-state index contributed by atoms with van der Waals surface area (Å²) in [5, 5.41) is 0. The Kier molecular flexibility index (Phi) is 22.2. The van der Waals surface area contributed by atoms with Crippen molar-refractivity contribution in [1.82, 2.24) is 9.55 Å². The number of unbranched alkanes of at least 4 members (excludes halogenated alkanes) is 22. The Morgan fingerprint density at radius 1 is 0.531 bits per heavy atom. The summed E-state index contributed by atoms with van der Waals surface area (Å²) in [5.74, 6) is 1.69. The zero-order chi connectivity index (χ0) is 34.7. The summed E-state index contributed by atoms with van der Waals surface area (Å²) < 4.78 is 2.53. The minimum absolute atomic E-state index is 0.0273. The fraction of sp³-hybridized carbons (Fsp3) is 0.681. The largest absolute Gasteiger partial charge is 0.335 e. The Bertz CT molecular complexity index is 1150. The highest BCUT2D eigenvalue weighted by Gasteiger charge is 2.39. The third kappa shape index (κ3) is 16.5. The van der Waals surface area contributed by atoms with E-state index in [-0.39, 0.29) is 5.41 Å². The van der Waals surface area contributed by atoms with E-state index in [4.69, 9.17) is 4.98 Å². The molecule has 0 radical (unpaired) electrons. The van der Waals surface area contributed by atoms with Crippen LogP contribution in [0.3, 0.4) is 0 Å². The Hall–Kier alpha value is -2.35. The van der Waals surface area contributed by atoms with Crippen LogP contribution < -0.4 is 0 Å². The van der Waals surface area contributed by atoms with Crippen molar-refractivity contribution in [2.24, 2.45) is 0 Å². The Balaban J connectivity index is 1.54. The summed E-state index contributed by atoms with van der Waals surface area (Å²) in [7, 11) is 0. The van der Waals surface area contributed by atoms with E-state index in [1.54, 1.807) is 0 Å². The molecule has 2 atom stereocenters. The average molecular weight is 669 g/mol. The number of hydrogen-bond acceptors (Lipinski definition) is 1. The van der Waals surface area contributed by atoms with Crippen molar-refractivity contribution in [1.29, 1.82) is 0 Å². The summed E-state index contributed by atoms with van der Waals surface area (Å²) in [6.07, 6.45) is 40.1. The minimum Gasteiger partial charge on any atom is -0.335 e. The van der Waals surface area contributed by atoms with Crippen molar-refractivity contribution < 1.29 is 0 Å². The molecular formula is C47H76N2. The molecule has 0 bridgehead atoms. The van der Waals surface area contributed by atoms with Crippen molar-refractivity contribution in [3.05, 3.63) is 90.0 Å². The molecule has 3 aromatic rings. The first-order valence-corrected chi connectivity index (χ1v) is 21.3. The molecule has 0 aliphatic carbocycles. The van der Waals surface area contributed by atoms with Crippen molar-refractivity contribution in [3.63, 3.8) is 0 Å². The van der Waals surface area contributed by atoms with Gasteiger partial charge >= 0.3 is 0 Å². The molecule has 0 spiro atoms. The van der Waals surface area contributed by atoms with E-state index < -0.39 is 0 Å². The molecular weight excluding hydrogens is 593 g/mol. The minimum atomic E-state index is -0.0273. The van der Waals surface area contributed by atoms with Crippen LogP contribution in [0.25, 0.3) is 0 Å². The highest BCUT2D eigenvalue weighted by atomic mass is 15.1. The van der Waals surface area contributed by atoms with Crippen LogP contribution in [-0.4, -0.2) is 9.55 Å². The molecule has 0 aliphatic heterocycles. The first-order valence-electron chi connectivity index (χ1n) is 21.3. The molecule has 1 heterocycles. The molecule has 0 fully saturated rings. The fourth-order valence-corrected chi connectivity index (χ4v) is 8.13. The first-order chi connectivity index (χ1) is 24.2. The van der Waals surface area contributed by atoms with Gasteiger partial charge in [0.1, 0.15) is 5.82 Å². The van der Waals surface area contributed by atoms with Gasteiger partial charge in [0.2, 0.25) is 0 Å². The number of aryl methyl sites for hydroxylation is 1. The average Bonchev–Trinajstić information content (AvgIpc) is 3.59. The van der Waals surface area contributed by atoms with Crippen LogP contribution in [0.4, 0.5) is 0 Å². The van der Waals surface area contributed by atoms with Crippen LogP contribution in [0.5, 0.6) is 0 Å². The number of hydrogen-bond donors (Lipinski definition) is 0. The van der Waals surface area contributed by atoms with Crippen molar-refractivity contribution in [2.75, 3.05) is 0 Å². The van der Waals surface area contributed by atoms with E-state index in [1.807, 2.05) is 0 Å². The molecule has 274 valence electrons. The van der Waals surface area contributed by atoms with Gasteiger partial charge in [0, 0.05) is 30.3 Å². The van der Waals surface area contributed by atoms with Crippen molar-refractivity contribution in [2.45, 2.75) is 206 Å². The normalized spacial score (nSPS) is 13.4. The molecule has 49 heavy (non-hydrogen) atoms. The molecule has 1 aromatic heterocycles. The van der Waals surface area contributed by atoms with Gasteiger partial charge in [0.05, 0.1) is 0 Å².